The molecule has 0 bridgehead atoms. The van der Waals surface area contributed by atoms with Crippen LogP contribution in [-0.2, 0) is 0 Å². The highest BCUT2D eigenvalue weighted by Crippen LogP contribution is 2.33. The summed E-state index contributed by atoms with van der Waals surface area (Å²) in [6.45, 7) is 11.6. The molecule has 66 valence electrons. The first-order valence-corrected chi connectivity index (χ1v) is 4.71. The van der Waals surface area contributed by atoms with E-state index in [9.17, 15) is 0 Å². The topological polar surface area (TPSA) is 0 Å². The van der Waals surface area contributed by atoms with E-state index < -0.39 is 0 Å². The summed E-state index contributed by atoms with van der Waals surface area (Å²) in [7, 11) is 0. The van der Waals surface area contributed by atoms with Gasteiger partial charge in [0.2, 0.25) is 0 Å². The molecule has 2 unspecified atom stereocenters. The van der Waals surface area contributed by atoms with Crippen LogP contribution in [0.15, 0.2) is 37.5 Å². The van der Waals surface area contributed by atoms with E-state index in [0.717, 1.165) is 0 Å². The van der Waals surface area contributed by atoms with Crippen LogP contribution in [0, 0.1) is 11.8 Å². The molecule has 0 aromatic heterocycles. The second kappa shape index (κ2) is 4.30. The molecule has 0 spiro atoms. The predicted octanol–water partition coefficient (Wildman–Crippen LogP) is 3.72. The van der Waals surface area contributed by atoms with Crippen molar-refractivity contribution in [1.29, 1.82) is 0 Å². The smallest absolute Gasteiger partial charge is 0.0162 e. The van der Waals surface area contributed by atoms with Gasteiger partial charge in [-0.15, -0.1) is 6.58 Å². The predicted molar refractivity (Wildman–Crippen MR) is 55.0 cm³/mol. The van der Waals surface area contributed by atoms with Crippen LogP contribution in [-0.4, -0.2) is 0 Å². The lowest BCUT2D eigenvalue weighted by molar-refractivity contribution is 0.345. The molecule has 1 aliphatic carbocycles. The molecule has 12 heavy (non-hydrogen) atoms. The minimum atomic E-state index is 0.666. The van der Waals surface area contributed by atoms with Crippen molar-refractivity contribution in [3.8, 4) is 0 Å². The van der Waals surface area contributed by atoms with Gasteiger partial charge in [0.05, 0.1) is 0 Å². The second-order valence-electron chi connectivity index (χ2n) is 3.64. The molecule has 0 N–H and O–H groups in total. The number of allylic oxidation sites excluding steroid dienone is 3. The molecule has 0 aromatic rings. The SMILES string of the molecule is C=CC(=C)C1CCCC(C=C)C1. The van der Waals surface area contributed by atoms with E-state index in [1.165, 1.54) is 31.3 Å². The third kappa shape index (κ3) is 2.10. The Morgan fingerprint density at radius 3 is 2.58 bits per heavy atom. The van der Waals surface area contributed by atoms with Crippen LogP contribution in [0.4, 0.5) is 0 Å². The lowest BCUT2D eigenvalue weighted by Gasteiger charge is -2.27. The highest BCUT2D eigenvalue weighted by atomic mass is 14.2. The van der Waals surface area contributed by atoms with Gasteiger partial charge in [0.1, 0.15) is 0 Å². The Morgan fingerprint density at radius 1 is 1.25 bits per heavy atom. The average molecular weight is 162 g/mol. The van der Waals surface area contributed by atoms with Crippen molar-refractivity contribution in [2.75, 3.05) is 0 Å². The number of hydrogen-bond acceptors (Lipinski definition) is 0. The van der Waals surface area contributed by atoms with Crippen molar-refractivity contribution in [2.45, 2.75) is 25.7 Å². The molecule has 0 heteroatoms. The second-order valence-corrected chi connectivity index (χ2v) is 3.64. The van der Waals surface area contributed by atoms with Crippen LogP contribution in [0.25, 0.3) is 0 Å². The Kier molecular flexibility index (Phi) is 3.33. The van der Waals surface area contributed by atoms with Gasteiger partial charge in [-0.05, 0) is 31.1 Å². The van der Waals surface area contributed by atoms with Gasteiger partial charge in [-0.2, -0.15) is 0 Å². The Bertz CT molecular complexity index is 188. The maximum atomic E-state index is 4.01. The third-order valence-electron chi connectivity index (χ3n) is 2.83. The van der Waals surface area contributed by atoms with E-state index >= 15 is 0 Å². The maximum absolute atomic E-state index is 4.01. The lowest BCUT2D eigenvalue weighted by Crippen LogP contribution is -2.14. The fraction of sp³-hybridized carbons (Fsp3) is 0.500. The first-order chi connectivity index (χ1) is 5.77. The molecular formula is C12H18. The van der Waals surface area contributed by atoms with Crippen molar-refractivity contribution in [2.24, 2.45) is 11.8 Å². The first kappa shape index (κ1) is 9.31. The van der Waals surface area contributed by atoms with E-state index in [1.807, 2.05) is 6.08 Å². The lowest BCUT2D eigenvalue weighted by atomic mass is 9.78. The van der Waals surface area contributed by atoms with Crippen molar-refractivity contribution in [1.82, 2.24) is 0 Å². The fourth-order valence-electron chi connectivity index (χ4n) is 1.95. The summed E-state index contributed by atoms with van der Waals surface area (Å²) in [5, 5.41) is 0. The van der Waals surface area contributed by atoms with Crippen LogP contribution in [0.3, 0.4) is 0 Å². The largest absolute Gasteiger partial charge is 0.103 e. The summed E-state index contributed by atoms with van der Waals surface area (Å²) in [4.78, 5) is 0. The molecule has 0 aliphatic heterocycles. The highest BCUT2D eigenvalue weighted by molar-refractivity contribution is 5.16. The summed E-state index contributed by atoms with van der Waals surface area (Å²) in [6.07, 6.45) is 9.13. The molecule has 1 rings (SSSR count). The molecule has 0 saturated heterocycles. The summed E-state index contributed by atoms with van der Waals surface area (Å²) in [5.74, 6) is 1.37. The maximum Gasteiger partial charge on any atom is -0.0162 e. The van der Waals surface area contributed by atoms with Gasteiger partial charge in [-0.1, -0.05) is 37.3 Å². The van der Waals surface area contributed by atoms with Gasteiger partial charge in [0, 0.05) is 0 Å². The Hall–Kier alpha value is -0.780. The number of rotatable bonds is 3. The molecule has 0 nitrogen and oxygen atoms in total. The summed E-state index contributed by atoms with van der Waals surface area (Å²) in [6, 6.07) is 0. The average Bonchev–Trinajstić information content (AvgIpc) is 2.17. The molecule has 0 amide bonds. The summed E-state index contributed by atoms with van der Waals surface area (Å²) < 4.78 is 0. The molecule has 0 aromatic carbocycles. The van der Waals surface area contributed by atoms with Crippen LogP contribution < -0.4 is 0 Å². The zero-order valence-electron chi connectivity index (χ0n) is 7.76. The summed E-state index contributed by atoms with van der Waals surface area (Å²) >= 11 is 0. The van der Waals surface area contributed by atoms with E-state index in [1.54, 1.807) is 0 Å². The standard InChI is InChI=1S/C12H18/c1-4-10(3)12-8-6-7-11(5-2)9-12/h4-5,11-12H,1-3,6-9H2. The Balaban J connectivity index is 2.50. The van der Waals surface area contributed by atoms with Gasteiger partial charge in [0.25, 0.3) is 0 Å². The van der Waals surface area contributed by atoms with E-state index in [2.05, 4.69) is 25.8 Å². The minimum Gasteiger partial charge on any atom is -0.103 e. The first-order valence-electron chi connectivity index (χ1n) is 4.71. The van der Waals surface area contributed by atoms with Crippen molar-refractivity contribution < 1.29 is 0 Å². The number of hydrogen-bond donors (Lipinski definition) is 0. The molecule has 1 saturated carbocycles. The monoisotopic (exact) mass is 162 g/mol. The third-order valence-corrected chi connectivity index (χ3v) is 2.83. The molecule has 0 radical (unpaired) electrons. The van der Waals surface area contributed by atoms with Crippen LogP contribution >= 0.6 is 0 Å². The molecular weight excluding hydrogens is 144 g/mol. The van der Waals surface area contributed by atoms with Crippen LogP contribution in [0.1, 0.15) is 25.7 Å². The van der Waals surface area contributed by atoms with Gasteiger partial charge in [-0.3, -0.25) is 0 Å². The van der Waals surface area contributed by atoms with E-state index in [-0.39, 0.29) is 0 Å². The Labute approximate surface area is 75.7 Å². The van der Waals surface area contributed by atoms with E-state index in [4.69, 9.17) is 0 Å². The normalized spacial score (nSPS) is 29.3. The van der Waals surface area contributed by atoms with E-state index in [0.29, 0.717) is 11.8 Å². The molecule has 2 atom stereocenters. The molecule has 1 fully saturated rings. The van der Waals surface area contributed by atoms with Gasteiger partial charge < -0.3 is 0 Å². The van der Waals surface area contributed by atoms with Crippen molar-refractivity contribution >= 4 is 0 Å². The van der Waals surface area contributed by atoms with Crippen LogP contribution in [0.5, 0.6) is 0 Å². The molecule has 1 aliphatic rings. The van der Waals surface area contributed by atoms with Crippen molar-refractivity contribution in [3.05, 3.63) is 37.5 Å². The molecule has 0 heterocycles. The van der Waals surface area contributed by atoms with Gasteiger partial charge in [0.15, 0.2) is 0 Å². The van der Waals surface area contributed by atoms with Crippen molar-refractivity contribution in [3.63, 3.8) is 0 Å². The van der Waals surface area contributed by atoms with Gasteiger partial charge in [-0.25, -0.2) is 0 Å². The highest BCUT2D eigenvalue weighted by Gasteiger charge is 2.20. The van der Waals surface area contributed by atoms with Crippen LogP contribution in [0.2, 0.25) is 0 Å². The zero-order chi connectivity index (χ0) is 8.97. The summed E-state index contributed by atoms with van der Waals surface area (Å²) in [5.41, 5.74) is 1.21. The zero-order valence-corrected chi connectivity index (χ0v) is 7.76. The minimum absolute atomic E-state index is 0.666. The fourth-order valence-corrected chi connectivity index (χ4v) is 1.95. The quantitative estimate of drug-likeness (QED) is 0.438. The Morgan fingerprint density at radius 2 is 2.00 bits per heavy atom. The van der Waals surface area contributed by atoms with Gasteiger partial charge >= 0.3 is 0 Å².